The third-order valence-electron chi connectivity index (χ3n) is 11.1. The van der Waals surface area contributed by atoms with Crippen LogP contribution in [0.5, 0.6) is 0 Å². The van der Waals surface area contributed by atoms with Crippen LogP contribution in [0.1, 0.15) is 5.56 Å². The van der Waals surface area contributed by atoms with Gasteiger partial charge in [-0.05, 0) is 77.9 Å². The van der Waals surface area contributed by atoms with Crippen molar-refractivity contribution in [1.82, 2.24) is 13.7 Å². The fourth-order valence-electron chi connectivity index (χ4n) is 8.82. The second-order valence-electron chi connectivity index (χ2n) is 13.9. The van der Waals surface area contributed by atoms with Gasteiger partial charge in [0.1, 0.15) is 0 Å². The van der Waals surface area contributed by atoms with Gasteiger partial charge in [-0.25, -0.2) is 4.85 Å². The van der Waals surface area contributed by atoms with E-state index in [4.69, 9.17) is 6.57 Å². The van der Waals surface area contributed by atoms with E-state index in [0.717, 1.165) is 77.4 Å². The summed E-state index contributed by atoms with van der Waals surface area (Å²) in [6.45, 7) is 8.31. The lowest BCUT2D eigenvalue weighted by Crippen LogP contribution is -1.99. The van der Waals surface area contributed by atoms with Crippen molar-refractivity contribution in [2.24, 2.45) is 0 Å². The molecule has 5 heteroatoms. The fraction of sp³-hybridized carbons (Fsp3) is 0. The summed E-state index contributed by atoms with van der Waals surface area (Å²) in [4.78, 5) is 4.06. The lowest BCUT2D eigenvalue weighted by Gasteiger charge is -2.17. The molecule has 0 fully saturated rings. The van der Waals surface area contributed by atoms with Gasteiger partial charge in [0.25, 0.3) is 0 Å². The molecule has 11 aromatic rings. The Kier molecular flexibility index (Phi) is 6.61. The van der Waals surface area contributed by atoms with Gasteiger partial charge in [0, 0.05) is 43.7 Å². The molecule has 0 aliphatic carbocycles. The third-order valence-corrected chi connectivity index (χ3v) is 11.1. The molecule has 5 nitrogen and oxygen atoms in total. The Morgan fingerprint density at radius 3 is 1.58 bits per heavy atom. The monoisotopic (exact) mass is 699 g/mol. The SMILES string of the molecule is [C-]#[N+]c1ccc(-n2c3ccccc3c3ccc(-n4c5ccccc5c5ccccc54)cc32)cc1-c1ccccc1-n1c2ccccc2c2c(C#N)cccc21. The van der Waals surface area contributed by atoms with Crippen LogP contribution >= 0.6 is 0 Å². The Morgan fingerprint density at radius 2 is 0.927 bits per heavy atom. The van der Waals surface area contributed by atoms with Crippen molar-refractivity contribution in [2.45, 2.75) is 0 Å². The number of nitrogens with zero attached hydrogens (tertiary/aromatic N) is 5. The zero-order chi connectivity index (χ0) is 36.6. The highest BCUT2D eigenvalue weighted by atomic mass is 15.0. The molecule has 8 aromatic carbocycles. The Morgan fingerprint density at radius 1 is 0.418 bits per heavy atom. The van der Waals surface area contributed by atoms with Gasteiger partial charge in [-0.2, -0.15) is 5.26 Å². The van der Waals surface area contributed by atoms with E-state index in [0.29, 0.717) is 11.3 Å². The van der Waals surface area contributed by atoms with Crippen LogP contribution in [0.3, 0.4) is 0 Å². The number of benzene rings is 8. The molecule has 0 radical (unpaired) electrons. The molecule has 55 heavy (non-hydrogen) atoms. The lowest BCUT2D eigenvalue weighted by atomic mass is 10.0. The number of hydrogen-bond donors (Lipinski definition) is 0. The van der Waals surface area contributed by atoms with Crippen molar-refractivity contribution in [3.8, 4) is 34.3 Å². The van der Waals surface area contributed by atoms with Gasteiger partial charge in [0.2, 0.25) is 0 Å². The summed E-state index contributed by atoms with van der Waals surface area (Å²) >= 11 is 0. The summed E-state index contributed by atoms with van der Waals surface area (Å²) in [5.74, 6) is 0. The van der Waals surface area contributed by atoms with Crippen molar-refractivity contribution in [3.05, 3.63) is 193 Å². The summed E-state index contributed by atoms with van der Waals surface area (Å²) in [5, 5.41) is 16.8. The maximum absolute atomic E-state index is 10.1. The van der Waals surface area contributed by atoms with Gasteiger partial charge in [-0.3, -0.25) is 0 Å². The zero-order valence-electron chi connectivity index (χ0n) is 29.5. The molecule has 254 valence electrons. The van der Waals surface area contributed by atoms with Crippen LogP contribution in [0.4, 0.5) is 5.69 Å². The van der Waals surface area contributed by atoms with Crippen LogP contribution in [0.2, 0.25) is 0 Å². The summed E-state index contributed by atoms with van der Waals surface area (Å²) in [5.41, 5.74) is 12.5. The quantitative estimate of drug-likeness (QED) is 0.169. The first-order valence-corrected chi connectivity index (χ1v) is 18.3. The molecule has 0 atom stereocenters. The first kappa shape index (κ1) is 30.7. The van der Waals surface area contributed by atoms with Crippen LogP contribution in [0.25, 0.3) is 98.5 Å². The van der Waals surface area contributed by atoms with E-state index < -0.39 is 0 Å². The van der Waals surface area contributed by atoms with Crippen molar-refractivity contribution >= 4 is 71.1 Å². The van der Waals surface area contributed by atoms with Gasteiger partial charge in [-0.15, -0.1) is 0 Å². The average Bonchev–Trinajstić information content (AvgIpc) is 3.89. The minimum atomic E-state index is 0.571. The maximum Gasteiger partial charge on any atom is 0.195 e. The van der Waals surface area contributed by atoms with Crippen LogP contribution in [-0.2, 0) is 0 Å². The molecule has 0 spiro atoms. The standard InChI is InChI=1S/C50H29N5/c1-52-42-28-26-33(29-41(42)38-17-5-10-22-46(38)55-47-23-11-6-18-40(47)50-32(31-51)13-12-24-48(50)55)54-45-21-9-4-16-37(45)39-27-25-34(30-49(39)54)53-43-19-7-2-14-35(43)36-15-3-8-20-44(36)53/h2-30H. The normalized spacial score (nSPS) is 11.6. The second kappa shape index (κ2) is 11.8. The molecule has 0 saturated carbocycles. The Labute approximate surface area is 316 Å². The number of nitriles is 1. The Balaban J connectivity index is 1.17. The number of rotatable bonds is 4. The molecule has 3 aromatic heterocycles. The number of para-hydroxylation sites is 5. The molecule has 0 saturated heterocycles. The summed E-state index contributed by atoms with van der Waals surface area (Å²) < 4.78 is 6.93. The molecule has 0 N–H and O–H groups in total. The first-order valence-electron chi connectivity index (χ1n) is 18.3. The van der Waals surface area contributed by atoms with E-state index in [1.165, 1.54) is 16.2 Å². The largest absolute Gasteiger partial charge is 0.309 e. The molecule has 0 amide bonds. The maximum atomic E-state index is 10.1. The molecule has 0 unspecified atom stereocenters. The van der Waals surface area contributed by atoms with E-state index in [1.54, 1.807) is 0 Å². The Bertz CT molecular complexity index is 3420. The molecular formula is C50H29N5. The second-order valence-corrected chi connectivity index (χ2v) is 13.9. The van der Waals surface area contributed by atoms with Crippen LogP contribution in [-0.4, -0.2) is 13.7 Å². The highest BCUT2D eigenvalue weighted by Crippen LogP contribution is 2.42. The lowest BCUT2D eigenvalue weighted by molar-refractivity contribution is 1.15. The van der Waals surface area contributed by atoms with Gasteiger partial charge in [0.15, 0.2) is 5.69 Å². The van der Waals surface area contributed by atoms with E-state index in [1.807, 2.05) is 42.5 Å². The average molecular weight is 700 g/mol. The molecule has 0 aliphatic heterocycles. The summed E-state index contributed by atoms with van der Waals surface area (Å²) in [7, 11) is 0. The van der Waals surface area contributed by atoms with Crippen molar-refractivity contribution in [1.29, 1.82) is 5.26 Å². The fourth-order valence-corrected chi connectivity index (χ4v) is 8.82. The van der Waals surface area contributed by atoms with Gasteiger partial charge < -0.3 is 13.7 Å². The van der Waals surface area contributed by atoms with Crippen molar-refractivity contribution in [2.75, 3.05) is 0 Å². The van der Waals surface area contributed by atoms with Crippen LogP contribution in [0, 0.1) is 17.9 Å². The summed E-state index contributed by atoms with van der Waals surface area (Å²) in [6.07, 6.45) is 0. The molecule has 3 heterocycles. The molecule has 11 rings (SSSR count). The molecule has 0 bridgehead atoms. The zero-order valence-corrected chi connectivity index (χ0v) is 29.5. The van der Waals surface area contributed by atoms with Crippen molar-refractivity contribution < 1.29 is 0 Å². The minimum Gasteiger partial charge on any atom is -0.309 e. The van der Waals surface area contributed by atoms with E-state index in [2.05, 4.69) is 158 Å². The topological polar surface area (TPSA) is 42.9 Å². The number of fused-ring (bicyclic) bond motifs is 9. The number of aromatic nitrogens is 3. The Hall–Kier alpha value is -7.86. The van der Waals surface area contributed by atoms with Crippen LogP contribution < -0.4 is 0 Å². The van der Waals surface area contributed by atoms with E-state index in [9.17, 15) is 5.26 Å². The van der Waals surface area contributed by atoms with Crippen molar-refractivity contribution in [3.63, 3.8) is 0 Å². The van der Waals surface area contributed by atoms with Crippen LogP contribution in [0.15, 0.2) is 176 Å². The van der Waals surface area contributed by atoms with Gasteiger partial charge in [0.05, 0.1) is 57.0 Å². The molecule has 0 aliphatic rings. The minimum absolute atomic E-state index is 0.571. The highest BCUT2D eigenvalue weighted by Gasteiger charge is 2.21. The first-order chi connectivity index (χ1) is 27.2. The van der Waals surface area contributed by atoms with E-state index >= 15 is 0 Å². The smallest absolute Gasteiger partial charge is 0.195 e. The van der Waals surface area contributed by atoms with Gasteiger partial charge >= 0.3 is 0 Å². The highest BCUT2D eigenvalue weighted by molar-refractivity contribution is 6.14. The van der Waals surface area contributed by atoms with Gasteiger partial charge in [-0.1, -0.05) is 109 Å². The summed E-state index contributed by atoms with van der Waals surface area (Å²) in [6, 6.07) is 63.6. The molecular weight excluding hydrogens is 671 g/mol. The number of hydrogen-bond acceptors (Lipinski definition) is 1. The predicted octanol–water partition coefficient (Wildman–Crippen LogP) is 13.1. The predicted molar refractivity (Wildman–Crippen MR) is 226 cm³/mol. The third kappa shape index (κ3) is 4.39. The van der Waals surface area contributed by atoms with E-state index in [-0.39, 0.29) is 0 Å².